The Hall–Kier alpha value is -1.75. The van der Waals surface area contributed by atoms with E-state index in [4.69, 9.17) is 9.47 Å². The van der Waals surface area contributed by atoms with Gasteiger partial charge in [0, 0.05) is 19.6 Å². The summed E-state index contributed by atoms with van der Waals surface area (Å²) in [4.78, 5) is 13.4. The first-order valence-corrected chi connectivity index (χ1v) is 6.72. The molecule has 0 saturated carbocycles. The van der Waals surface area contributed by atoms with Gasteiger partial charge in [-0.25, -0.2) is 0 Å². The average Bonchev–Trinajstić information content (AvgIpc) is 2.50. The Balaban J connectivity index is 2.68. The molecular formula is C15H24N2O3. The third-order valence-corrected chi connectivity index (χ3v) is 3.37. The number of methoxy groups -OCH3 is 2. The molecule has 0 radical (unpaired) electrons. The van der Waals surface area contributed by atoms with Gasteiger partial charge in [0.05, 0.1) is 20.8 Å². The Kier molecular flexibility index (Phi) is 6.31. The van der Waals surface area contributed by atoms with Crippen LogP contribution >= 0.6 is 0 Å². The molecule has 0 aliphatic rings. The number of carbonyl (C=O) groups excluding carboxylic acids is 1. The van der Waals surface area contributed by atoms with Gasteiger partial charge >= 0.3 is 0 Å². The standard InChI is InChI=1S/C15H24N2O3/c1-6-17(3)15(18)10-16-11(2)12-7-8-13(19-4)14(9-12)20-5/h7-9,11,16H,6,10H2,1-5H3. The Morgan fingerprint density at radius 1 is 1.30 bits per heavy atom. The molecule has 0 aliphatic carbocycles. The zero-order valence-electron chi connectivity index (χ0n) is 12.9. The summed E-state index contributed by atoms with van der Waals surface area (Å²) in [6, 6.07) is 5.81. The average molecular weight is 280 g/mol. The van der Waals surface area contributed by atoms with Crippen molar-refractivity contribution < 1.29 is 14.3 Å². The van der Waals surface area contributed by atoms with Gasteiger partial charge in [0.25, 0.3) is 0 Å². The monoisotopic (exact) mass is 280 g/mol. The number of likely N-dealkylation sites (N-methyl/N-ethyl adjacent to an activating group) is 1. The lowest BCUT2D eigenvalue weighted by Crippen LogP contribution is -2.36. The zero-order chi connectivity index (χ0) is 15.1. The number of nitrogens with one attached hydrogen (secondary N) is 1. The first-order chi connectivity index (χ1) is 9.53. The van der Waals surface area contributed by atoms with E-state index in [0.29, 0.717) is 24.6 Å². The van der Waals surface area contributed by atoms with Crippen LogP contribution < -0.4 is 14.8 Å². The summed E-state index contributed by atoms with van der Waals surface area (Å²) in [5.41, 5.74) is 1.05. The molecule has 0 spiro atoms. The summed E-state index contributed by atoms with van der Waals surface area (Å²) in [7, 11) is 5.02. The molecule has 1 atom stereocenters. The number of ether oxygens (including phenoxy) is 2. The van der Waals surface area contributed by atoms with Gasteiger partial charge in [-0.1, -0.05) is 6.07 Å². The molecule has 0 aromatic heterocycles. The third kappa shape index (κ3) is 4.13. The summed E-state index contributed by atoms with van der Waals surface area (Å²) >= 11 is 0. The normalized spacial score (nSPS) is 11.8. The van der Waals surface area contributed by atoms with Gasteiger partial charge in [-0.3, -0.25) is 4.79 Å². The minimum atomic E-state index is 0.0593. The molecule has 0 fully saturated rings. The smallest absolute Gasteiger partial charge is 0.236 e. The number of hydrogen-bond acceptors (Lipinski definition) is 4. The van der Waals surface area contributed by atoms with E-state index in [1.165, 1.54) is 0 Å². The van der Waals surface area contributed by atoms with E-state index in [1.807, 2.05) is 32.0 Å². The second-order valence-electron chi connectivity index (χ2n) is 4.62. The zero-order valence-corrected chi connectivity index (χ0v) is 12.9. The summed E-state index contributed by atoms with van der Waals surface area (Å²) in [6.07, 6.45) is 0. The highest BCUT2D eigenvalue weighted by molar-refractivity contribution is 5.77. The van der Waals surface area contributed by atoms with E-state index in [9.17, 15) is 4.79 Å². The number of carbonyl (C=O) groups is 1. The molecule has 1 N–H and O–H groups in total. The fourth-order valence-electron chi connectivity index (χ4n) is 1.79. The van der Waals surface area contributed by atoms with Crippen LogP contribution in [0.4, 0.5) is 0 Å². The van der Waals surface area contributed by atoms with E-state index in [2.05, 4.69) is 5.32 Å². The first-order valence-electron chi connectivity index (χ1n) is 6.72. The molecule has 20 heavy (non-hydrogen) atoms. The summed E-state index contributed by atoms with van der Waals surface area (Å²) < 4.78 is 10.5. The highest BCUT2D eigenvalue weighted by Crippen LogP contribution is 2.29. The van der Waals surface area contributed by atoms with Crippen molar-refractivity contribution in [2.75, 3.05) is 34.4 Å². The fourth-order valence-corrected chi connectivity index (χ4v) is 1.79. The predicted octanol–water partition coefficient (Wildman–Crippen LogP) is 1.83. The summed E-state index contributed by atoms with van der Waals surface area (Å²) in [6.45, 7) is 5.00. The van der Waals surface area contributed by atoms with Gasteiger partial charge in [-0.15, -0.1) is 0 Å². The molecule has 1 aromatic carbocycles. The van der Waals surface area contributed by atoms with Gasteiger partial charge < -0.3 is 19.7 Å². The molecule has 1 amide bonds. The molecule has 5 nitrogen and oxygen atoms in total. The van der Waals surface area contributed by atoms with Crippen LogP contribution in [0.3, 0.4) is 0 Å². The van der Waals surface area contributed by atoms with E-state index < -0.39 is 0 Å². The molecule has 112 valence electrons. The van der Waals surface area contributed by atoms with Gasteiger partial charge in [-0.2, -0.15) is 0 Å². The number of rotatable bonds is 7. The largest absolute Gasteiger partial charge is 0.493 e. The highest BCUT2D eigenvalue weighted by atomic mass is 16.5. The second kappa shape index (κ2) is 7.75. The topological polar surface area (TPSA) is 50.8 Å². The maximum Gasteiger partial charge on any atom is 0.236 e. The lowest BCUT2D eigenvalue weighted by molar-refractivity contribution is -0.128. The predicted molar refractivity (Wildman–Crippen MR) is 79.3 cm³/mol. The van der Waals surface area contributed by atoms with E-state index >= 15 is 0 Å². The van der Waals surface area contributed by atoms with Crippen molar-refractivity contribution in [3.8, 4) is 11.5 Å². The molecule has 1 rings (SSSR count). The van der Waals surface area contributed by atoms with Crippen LogP contribution in [0.5, 0.6) is 11.5 Å². The van der Waals surface area contributed by atoms with Crippen LogP contribution in [0.25, 0.3) is 0 Å². The molecule has 5 heteroatoms. The first kappa shape index (κ1) is 16.3. The molecule has 0 saturated heterocycles. The van der Waals surface area contributed by atoms with Crippen molar-refractivity contribution in [1.82, 2.24) is 10.2 Å². The SMILES string of the molecule is CCN(C)C(=O)CNC(C)c1ccc(OC)c(OC)c1. The molecule has 0 bridgehead atoms. The van der Waals surface area contributed by atoms with Crippen LogP contribution in [0.1, 0.15) is 25.5 Å². The van der Waals surface area contributed by atoms with Crippen molar-refractivity contribution >= 4 is 5.91 Å². The third-order valence-electron chi connectivity index (χ3n) is 3.37. The van der Waals surface area contributed by atoms with Crippen LogP contribution in [-0.4, -0.2) is 45.2 Å². The van der Waals surface area contributed by atoms with E-state index in [1.54, 1.807) is 26.2 Å². The van der Waals surface area contributed by atoms with Crippen LogP contribution in [0.2, 0.25) is 0 Å². The Morgan fingerprint density at radius 3 is 2.50 bits per heavy atom. The Labute approximate surface area is 120 Å². The molecule has 1 unspecified atom stereocenters. The molecule has 0 heterocycles. The minimum absolute atomic E-state index is 0.0593. The Bertz CT molecular complexity index is 449. The maximum atomic E-state index is 11.8. The van der Waals surface area contributed by atoms with E-state index in [0.717, 1.165) is 5.56 Å². The number of nitrogens with zero attached hydrogens (tertiary/aromatic N) is 1. The molecule has 0 aliphatic heterocycles. The van der Waals surface area contributed by atoms with Gasteiger partial charge in [0.2, 0.25) is 5.91 Å². The maximum absolute atomic E-state index is 11.8. The number of amides is 1. The van der Waals surface area contributed by atoms with Gasteiger partial charge in [-0.05, 0) is 31.5 Å². The van der Waals surface area contributed by atoms with Crippen LogP contribution in [0, 0.1) is 0 Å². The quantitative estimate of drug-likeness (QED) is 0.828. The molecular weight excluding hydrogens is 256 g/mol. The summed E-state index contributed by atoms with van der Waals surface area (Å²) in [5, 5.41) is 3.22. The minimum Gasteiger partial charge on any atom is -0.493 e. The second-order valence-corrected chi connectivity index (χ2v) is 4.62. The highest BCUT2D eigenvalue weighted by Gasteiger charge is 2.12. The summed E-state index contributed by atoms with van der Waals surface area (Å²) in [5.74, 6) is 1.47. The van der Waals surface area contributed by atoms with Crippen LogP contribution in [0.15, 0.2) is 18.2 Å². The lowest BCUT2D eigenvalue weighted by atomic mass is 10.1. The fraction of sp³-hybridized carbons (Fsp3) is 0.533. The number of hydrogen-bond donors (Lipinski definition) is 1. The Morgan fingerprint density at radius 2 is 1.95 bits per heavy atom. The van der Waals surface area contributed by atoms with Gasteiger partial charge in [0.1, 0.15) is 0 Å². The van der Waals surface area contributed by atoms with Crippen molar-refractivity contribution in [3.05, 3.63) is 23.8 Å². The van der Waals surface area contributed by atoms with E-state index in [-0.39, 0.29) is 11.9 Å². The van der Waals surface area contributed by atoms with Crippen molar-refractivity contribution in [2.24, 2.45) is 0 Å². The van der Waals surface area contributed by atoms with Crippen molar-refractivity contribution in [3.63, 3.8) is 0 Å². The van der Waals surface area contributed by atoms with Crippen LogP contribution in [-0.2, 0) is 4.79 Å². The van der Waals surface area contributed by atoms with Gasteiger partial charge in [0.15, 0.2) is 11.5 Å². The number of benzene rings is 1. The lowest BCUT2D eigenvalue weighted by Gasteiger charge is -2.19. The van der Waals surface area contributed by atoms with Crippen molar-refractivity contribution in [2.45, 2.75) is 19.9 Å². The van der Waals surface area contributed by atoms with Crippen molar-refractivity contribution in [1.29, 1.82) is 0 Å². The molecule has 1 aromatic rings.